The van der Waals surface area contributed by atoms with Gasteiger partial charge < -0.3 is 0 Å². The first-order chi connectivity index (χ1) is 8.79. The Kier molecular flexibility index (Phi) is 2.75. The van der Waals surface area contributed by atoms with Crippen LogP contribution in [0.4, 0.5) is 0 Å². The van der Waals surface area contributed by atoms with Crippen molar-refractivity contribution in [1.82, 2.24) is 4.98 Å². The maximum absolute atomic E-state index is 8.90. The molecule has 0 amide bonds. The number of nitriles is 1. The highest BCUT2D eigenvalue weighted by atomic mass is 35.5. The van der Waals surface area contributed by atoms with Crippen molar-refractivity contribution < 1.29 is 0 Å². The quantitative estimate of drug-likeness (QED) is 0.653. The first kappa shape index (κ1) is 11.2. The van der Waals surface area contributed by atoms with Gasteiger partial charge in [0.25, 0.3) is 0 Å². The van der Waals surface area contributed by atoms with Crippen molar-refractivity contribution in [3.8, 4) is 16.6 Å². The van der Waals surface area contributed by atoms with Gasteiger partial charge >= 0.3 is 0 Å². The van der Waals surface area contributed by atoms with Crippen LogP contribution in [0.2, 0.25) is 4.34 Å². The highest BCUT2D eigenvalue weighted by molar-refractivity contribution is 7.19. The predicted octanol–water partition coefficient (Wildman–Crippen LogP) is 4.49. The fourth-order valence-corrected chi connectivity index (χ4v) is 2.98. The van der Waals surface area contributed by atoms with E-state index in [4.69, 9.17) is 16.9 Å². The second-order valence-corrected chi connectivity index (χ2v) is 5.38. The Labute approximate surface area is 113 Å². The van der Waals surface area contributed by atoms with E-state index in [-0.39, 0.29) is 0 Å². The molecule has 2 nitrogen and oxygen atoms in total. The molecule has 0 radical (unpaired) electrons. The number of rotatable bonds is 1. The van der Waals surface area contributed by atoms with E-state index in [1.165, 1.54) is 11.3 Å². The van der Waals surface area contributed by atoms with Crippen molar-refractivity contribution in [3.63, 3.8) is 0 Å². The summed E-state index contributed by atoms with van der Waals surface area (Å²) in [5.74, 6) is 0. The van der Waals surface area contributed by atoms with Crippen LogP contribution in [0.25, 0.3) is 21.3 Å². The van der Waals surface area contributed by atoms with Crippen LogP contribution in [0.1, 0.15) is 5.69 Å². The van der Waals surface area contributed by atoms with E-state index < -0.39 is 0 Å². The predicted molar refractivity (Wildman–Crippen MR) is 74.8 cm³/mol. The van der Waals surface area contributed by atoms with Gasteiger partial charge in [-0.2, -0.15) is 5.26 Å². The molecule has 1 aromatic heterocycles. The van der Waals surface area contributed by atoms with Crippen molar-refractivity contribution in [2.45, 2.75) is 0 Å². The average Bonchev–Trinajstić information content (AvgIpc) is 2.79. The molecule has 0 fully saturated rings. The maximum Gasteiger partial charge on any atom is 0.170 e. The molecule has 0 spiro atoms. The minimum atomic E-state index is 0.296. The zero-order valence-electron chi connectivity index (χ0n) is 9.22. The molecular formula is C14H7ClN2S. The maximum atomic E-state index is 8.90. The van der Waals surface area contributed by atoms with Gasteiger partial charge in [-0.15, -0.1) is 11.3 Å². The van der Waals surface area contributed by atoms with E-state index >= 15 is 0 Å². The summed E-state index contributed by atoms with van der Waals surface area (Å²) in [6.07, 6.45) is 0. The van der Waals surface area contributed by atoms with Gasteiger partial charge in [0, 0.05) is 5.56 Å². The van der Waals surface area contributed by atoms with Crippen LogP contribution >= 0.6 is 22.9 Å². The number of halogens is 1. The summed E-state index contributed by atoms with van der Waals surface area (Å²) < 4.78 is 0.445. The van der Waals surface area contributed by atoms with Gasteiger partial charge in [-0.05, 0) is 10.8 Å². The van der Waals surface area contributed by atoms with E-state index in [0.29, 0.717) is 10.0 Å². The molecule has 0 saturated heterocycles. The van der Waals surface area contributed by atoms with Crippen LogP contribution in [-0.2, 0) is 0 Å². The Morgan fingerprint density at radius 1 is 1.11 bits per heavy atom. The number of benzene rings is 2. The molecule has 0 atom stereocenters. The van der Waals surface area contributed by atoms with Crippen LogP contribution in [0, 0.1) is 11.3 Å². The van der Waals surface area contributed by atoms with E-state index in [2.05, 4.69) is 17.1 Å². The first-order valence-electron chi connectivity index (χ1n) is 5.34. The molecule has 86 valence electrons. The number of thiazole rings is 1. The van der Waals surface area contributed by atoms with Gasteiger partial charge in [0.05, 0.1) is 0 Å². The fraction of sp³-hybridized carbons (Fsp3) is 0. The Morgan fingerprint density at radius 3 is 2.67 bits per heavy atom. The minimum Gasteiger partial charge on any atom is -0.224 e. The average molecular weight is 271 g/mol. The minimum absolute atomic E-state index is 0.296. The second kappa shape index (κ2) is 4.41. The molecule has 0 aliphatic heterocycles. The lowest BCUT2D eigenvalue weighted by Crippen LogP contribution is -1.81. The van der Waals surface area contributed by atoms with Crippen molar-refractivity contribution >= 4 is 33.7 Å². The fourth-order valence-electron chi connectivity index (χ4n) is 1.90. The topological polar surface area (TPSA) is 36.7 Å². The third kappa shape index (κ3) is 1.76. The largest absolute Gasteiger partial charge is 0.224 e. The van der Waals surface area contributed by atoms with E-state index in [1.54, 1.807) is 0 Å². The van der Waals surface area contributed by atoms with Gasteiger partial charge in [0.15, 0.2) is 5.69 Å². The number of hydrogen-bond donors (Lipinski definition) is 0. The molecular weight excluding hydrogens is 264 g/mol. The van der Waals surface area contributed by atoms with Crippen LogP contribution < -0.4 is 0 Å². The lowest BCUT2D eigenvalue weighted by atomic mass is 10.1. The van der Waals surface area contributed by atoms with Crippen LogP contribution in [0.3, 0.4) is 0 Å². The van der Waals surface area contributed by atoms with Crippen molar-refractivity contribution in [2.75, 3.05) is 0 Å². The highest BCUT2D eigenvalue weighted by Gasteiger charge is 2.12. The number of hydrogen-bond acceptors (Lipinski definition) is 3. The van der Waals surface area contributed by atoms with Crippen LogP contribution in [-0.4, -0.2) is 4.98 Å². The summed E-state index contributed by atoms with van der Waals surface area (Å²) in [5.41, 5.74) is 1.31. The Bertz CT molecular complexity index is 766. The summed E-state index contributed by atoms with van der Waals surface area (Å²) >= 11 is 7.32. The molecule has 2 aromatic carbocycles. The molecule has 0 unspecified atom stereocenters. The second-order valence-electron chi connectivity index (χ2n) is 3.78. The molecule has 0 N–H and O–H groups in total. The zero-order chi connectivity index (χ0) is 12.5. The summed E-state index contributed by atoms with van der Waals surface area (Å²) in [7, 11) is 0. The Balaban J connectivity index is 2.28. The SMILES string of the molecule is N#Cc1nc(-c2cccc3ccccc23)sc1Cl. The lowest BCUT2D eigenvalue weighted by Gasteiger charge is -2.02. The molecule has 3 rings (SSSR count). The van der Waals surface area contributed by atoms with Crippen molar-refractivity contribution in [3.05, 3.63) is 52.5 Å². The number of fused-ring (bicyclic) bond motifs is 1. The summed E-state index contributed by atoms with van der Waals surface area (Å²) in [5, 5.41) is 12.0. The van der Waals surface area contributed by atoms with Crippen molar-refractivity contribution in [2.24, 2.45) is 0 Å². The van der Waals surface area contributed by atoms with Crippen molar-refractivity contribution in [1.29, 1.82) is 5.26 Å². The summed E-state index contributed by atoms with van der Waals surface area (Å²) in [6.45, 7) is 0. The number of aromatic nitrogens is 1. The number of nitrogens with zero attached hydrogens (tertiary/aromatic N) is 2. The van der Waals surface area contributed by atoms with Gasteiger partial charge in [-0.1, -0.05) is 54.1 Å². The smallest absolute Gasteiger partial charge is 0.170 e. The molecule has 0 aliphatic rings. The van der Waals surface area contributed by atoms with Gasteiger partial charge in [0.2, 0.25) is 0 Å². The molecule has 0 saturated carbocycles. The van der Waals surface area contributed by atoms with E-state index in [0.717, 1.165) is 21.3 Å². The zero-order valence-corrected chi connectivity index (χ0v) is 10.8. The Morgan fingerprint density at radius 2 is 1.89 bits per heavy atom. The van der Waals surface area contributed by atoms with E-state index in [1.807, 2.05) is 36.4 Å². The van der Waals surface area contributed by atoms with Gasteiger partial charge in [-0.3, -0.25) is 0 Å². The van der Waals surface area contributed by atoms with Gasteiger partial charge in [0.1, 0.15) is 15.4 Å². The molecule has 3 aromatic rings. The molecule has 0 bridgehead atoms. The Hall–Kier alpha value is -1.89. The lowest BCUT2D eigenvalue weighted by molar-refractivity contribution is 1.34. The first-order valence-corrected chi connectivity index (χ1v) is 6.53. The standard InChI is InChI=1S/C14H7ClN2S/c15-13-12(8-16)17-14(18-13)11-7-3-5-9-4-1-2-6-10(9)11/h1-7H. The van der Waals surface area contributed by atoms with Crippen LogP contribution in [0.5, 0.6) is 0 Å². The molecule has 0 aliphatic carbocycles. The van der Waals surface area contributed by atoms with E-state index in [9.17, 15) is 0 Å². The monoisotopic (exact) mass is 270 g/mol. The summed E-state index contributed by atoms with van der Waals surface area (Å²) in [6, 6.07) is 16.1. The normalized spacial score (nSPS) is 10.4. The molecule has 4 heteroatoms. The third-order valence-corrected chi connectivity index (χ3v) is 4.00. The third-order valence-electron chi connectivity index (χ3n) is 2.71. The van der Waals surface area contributed by atoms with Crippen LogP contribution in [0.15, 0.2) is 42.5 Å². The van der Waals surface area contributed by atoms with Gasteiger partial charge in [-0.25, -0.2) is 4.98 Å². The molecule has 1 heterocycles. The summed E-state index contributed by atoms with van der Waals surface area (Å²) in [4.78, 5) is 4.27. The highest BCUT2D eigenvalue weighted by Crippen LogP contribution is 2.35. The molecule has 18 heavy (non-hydrogen) atoms.